The van der Waals surface area contributed by atoms with Crippen molar-refractivity contribution in [3.8, 4) is 0 Å². The SMILES string of the molecule is CN1CCC(=C/F)/C(=C\C(F)=C\[N+](=O)[O-])C1. The van der Waals surface area contributed by atoms with Gasteiger partial charge in [-0.2, -0.15) is 0 Å². The molecule has 0 aromatic carbocycles. The van der Waals surface area contributed by atoms with Gasteiger partial charge in [0.15, 0.2) is 5.83 Å². The lowest BCUT2D eigenvalue weighted by molar-refractivity contribution is -0.404. The lowest BCUT2D eigenvalue weighted by Gasteiger charge is -2.26. The van der Waals surface area contributed by atoms with Crippen LogP contribution >= 0.6 is 0 Å². The van der Waals surface area contributed by atoms with E-state index in [1.165, 1.54) is 0 Å². The van der Waals surface area contributed by atoms with Crippen LogP contribution in [0, 0.1) is 10.1 Å². The molecule has 6 heteroatoms. The summed E-state index contributed by atoms with van der Waals surface area (Å²) in [6.45, 7) is 1.07. The Morgan fingerprint density at radius 3 is 2.81 bits per heavy atom. The van der Waals surface area contributed by atoms with Crippen molar-refractivity contribution in [2.75, 3.05) is 20.1 Å². The van der Waals surface area contributed by atoms with Crippen molar-refractivity contribution in [3.63, 3.8) is 0 Å². The summed E-state index contributed by atoms with van der Waals surface area (Å²) in [5.74, 6) is -0.977. The van der Waals surface area contributed by atoms with Crippen LogP contribution < -0.4 is 0 Å². The number of halogens is 2. The molecule has 0 spiro atoms. The first-order valence-electron chi connectivity index (χ1n) is 4.72. The molecule has 0 N–H and O–H groups in total. The van der Waals surface area contributed by atoms with Crippen LogP contribution in [0.3, 0.4) is 0 Å². The first kappa shape index (κ1) is 12.5. The summed E-state index contributed by atoms with van der Waals surface area (Å²) < 4.78 is 25.5. The highest BCUT2D eigenvalue weighted by molar-refractivity contribution is 5.37. The van der Waals surface area contributed by atoms with Crippen LogP contribution in [0.25, 0.3) is 0 Å². The molecule has 1 aliphatic rings. The quantitative estimate of drug-likeness (QED) is 0.539. The van der Waals surface area contributed by atoms with E-state index in [2.05, 4.69) is 0 Å². The van der Waals surface area contributed by atoms with Gasteiger partial charge in [0.25, 0.3) is 6.20 Å². The number of rotatable bonds is 2. The van der Waals surface area contributed by atoms with Crippen LogP contribution in [-0.4, -0.2) is 30.0 Å². The lowest BCUT2D eigenvalue weighted by atomic mass is 9.99. The predicted octanol–water partition coefficient (Wildman–Crippen LogP) is 2.19. The fourth-order valence-electron chi connectivity index (χ4n) is 1.51. The van der Waals surface area contributed by atoms with Gasteiger partial charge in [-0.1, -0.05) is 0 Å². The Bertz CT molecular complexity index is 375. The molecule has 1 saturated heterocycles. The first-order chi connectivity index (χ1) is 7.52. The zero-order valence-corrected chi connectivity index (χ0v) is 8.82. The van der Waals surface area contributed by atoms with E-state index in [9.17, 15) is 18.9 Å². The summed E-state index contributed by atoms with van der Waals surface area (Å²) in [4.78, 5) is 11.0. The number of hydrogen-bond acceptors (Lipinski definition) is 3. The standard InChI is InChI=1S/C10H12F2N2O2/c1-13-3-2-8(5-11)9(6-13)4-10(12)7-14(15)16/h4-5,7H,2-3,6H2,1H3/b8-5-,9-4-,10-7-. The first-order valence-corrected chi connectivity index (χ1v) is 4.72. The van der Waals surface area contributed by atoms with Crippen LogP contribution in [0.15, 0.2) is 35.6 Å². The predicted molar refractivity (Wildman–Crippen MR) is 55.6 cm³/mol. The number of nitro groups is 1. The van der Waals surface area contributed by atoms with Crippen molar-refractivity contribution < 1.29 is 13.7 Å². The number of likely N-dealkylation sites (N-methyl/N-ethyl adjacent to an activating group) is 1. The molecule has 0 aliphatic carbocycles. The smallest absolute Gasteiger partial charge is 0.269 e. The Labute approximate surface area is 91.7 Å². The molecule has 0 bridgehead atoms. The summed E-state index contributed by atoms with van der Waals surface area (Å²) in [5.41, 5.74) is 0.830. The fourth-order valence-corrected chi connectivity index (χ4v) is 1.51. The summed E-state index contributed by atoms with van der Waals surface area (Å²) >= 11 is 0. The summed E-state index contributed by atoms with van der Waals surface area (Å²) in [6.07, 6.45) is 2.17. The van der Waals surface area contributed by atoms with E-state index >= 15 is 0 Å². The monoisotopic (exact) mass is 230 g/mol. The minimum Gasteiger partial charge on any atom is -0.302 e. The molecule has 1 rings (SSSR count). The van der Waals surface area contributed by atoms with E-state index in [0.29, 0.717) is 37.0 Å². The zero-order chi connectivity index (χ0) is 12.1. The Kier molecular flexibility index (Phi) is 4.30. The Morgan fingerprint density at radius 1 is 1.56 bits per heavy atom. The second-order valence-electron chi connectivity index (χ2n) is 3.59. The van der Waals surface area contributed by atoms with Crippen molar-refractivity contribution >= 4 is 0 Å². The van der Waals surface area contributed by atoms with Crippen molar-refractivity contribution in [1.29, 1.82) is 0 Å². The van der Waals surface area contributed by atoms with Crippen LogP contribution in [-0.2, 0) is 0 Å². The van der Waals surface area contributed by atoms with Crippen molar-refractivity contribution in [2.45, 2.75) is 6.42 Å². The number of hydrogen-bond donors (Lipinski definition) is 0. The van der Waals surface area contributed by atoms with Crippen molar-refractivity contribution in [2.24, 2.45) is 0 Å². The van der Waals surface area contributed by atoms with Crippen molar-refractivity contribution in [3.05, 3.63) is 45.7 Å². The normalized spacial score (nSPS) is 24.1. The van der Waals surface area contributed by atoms with Crippen LogP contribution in [0.5, 0.6) is 0 Å². The number of likely N-dealkylation sites (tertiary alicyclic amines) is 1. The molecule has 1 heterocycles. The van der Waals surface area contributed by atoms with Gasteiger partial charge >= 0.3 is 0 Å². The Morgan fingerprint density at radius 2 is 2.25 bits per heavy atom. The van der Waals surface area contributed by atoms with E-state index in [4.69, 9.17) is 0 Å². The molecular weight excluding hydrogens is 218 g/mol. The van der Waals surface area contributed by atoms with E-state index in [0.717, 1.165) is 6.08 Å². The maximum Gasteiger partial charge on any atom is 0.269 e. The number of piperidine rings is 1. The lowest BCUT2D eigenvalue weighted by Crippen LogP contribution is -2.28. The molecule has 0 unspecified atom stereocenters. The molecular formula is C10H12F2N2O2. The van der Waals surface area contributed by atoms with Gasteiger partial charge < -0.3 is 4.90 Å². The molecule has 0 atom stereocenters. The maximum absolute atomic E-state index is 13.0. The molecule has 0 saturated carbocycles. The zero-order valence-electron chi connectivity index (χ0n) is 8.82. The number of allylic oxidation sites excluding steroid dienone is 2. The second-order valence-corrected chi connectivity index (χ2v) is 3.59. The molecule has 0 amide bonds. The van der Waals surface area contributed by atoms with Gasteiger partial charge in [-0.25, -0.2) is 8.78 Å². The molecule has 0 radical (unpaired) electrons. The van der Waals surface area contributed by atoms with Gasteiger partial charge in [-0.15, -0.1) is 0 Å². The molecule has 0 aromatic heterocycles. The van der Waals surface area contributed by atoms with Gasteiger partial charge in [0.05, 0.1) is 11.3 Å². The molecule has 0 aromatic rings. The highest BCUT2D eigenvalue weighted by atomic mass is 19.1. The fraction of sp³-hybridized carbons (Fsp3) is 0.400. The summed E-state index contributed by atoms with van der Waals surface area (Å²) in [6, 6.07) is 0. The molecule has 1 fully saturated rings. The van der Waals surface area contributed by atoms with E-state index < -0.39 is 10.8 Å². The highest BCUT2D eigenvalue weighted by Crippen LogP contribution is 2.23. The summed E-state index contributed by atoms with van der Waals surface area (Å²) in [5, 5.41) is 10.0. The highest BCUT2D eigenvalue weighted by Gasteiger charge is 2.16. The second kappa shape index (κ2) is 5.50. The minimum atomic E-state index is -0.977. The number of nitrogens with zero attached hydrogens (tertiary/aromatic N) is 2. The third-order valence-corrected chi connectivity index (χ3v) is 2.29. The largest absolute Gasteiger partial charge is 0.302 e. The topological polar surface area (TPSA) is 46.4 Å². The van der Waals surface area contributed by atoms with Gasteiger partial charge in [0.2, 0.25) is 0 Å². The Balaban J connectivity index is 2.90. The molecule has 16 heavy (non-hydrogen) atoms. The molecule has 88 valence electrons. The maximum atomic E-state index is 13.0. The van der Waals surface area contributed by atoms with Crippen LogP contribution in [0.4, 0.5) is 8.78 Å². The van der Waals surface area contributed by atoms with E-state index in [-0.39, 0.29) is 6.20 Å². The minimum absolute atomic E-state index is 0.261. The van der Waals surface area contributed by atoms with Gasteiger partial charge in [-0.3, -0.25) is 10.1 Å². The summed E-state index contributed by atoms with van der Waals surface area (Å²) in [7, 11) is 1.82. The van der Waals surface area contributed by atoms with Crippen molar-refractivity contribution in [1.82, 2.24) is 4.90 Å². The molecule has 1 aliphatic heterocycles. The van der Waals surface area contributed by atoms with E-state index in [1.807, 2.05) is 11.9 Å². The third-order valence-electron chi connectivity index (χ3n) is 2.29. The average Bonchev–Trinajstić information content (AvgIpc) is 2.16. The third kappa shape index (κ3) is 3.54. The van der Waals surface area contributed by atoms with Gasteiger partial charge in [0, 0.05) is 13.1 Å². The average molecular weight is 230 g/mol. The van der Waals surface area contributed by atoms with Crippen LogP contribution in [0.1, 0.15) is 6.42 Å². The van der Waals surface area contributed by atoms with Crippen LogP contribution in [0.2, 0.25) is 0 Å². The van der Waals surface area contributed by atoms with Gasteiger partial charge in [0.1, 0.15) is 0 Å². The molecule has 4 nitrogen and oxygen atoms in total. The van der Waals surface area contributed by atoms with E-state index in [1.54, 1.807) is 0 Å². The Hall–Kier alpha value is -1.56. The van der Waals surface area contributed by atoms with Gasteiger partial charge in [-0.05, 0) is 30.7 Å².